The van der Waals surface area contributed by atoms with Crippen molar-refractivity contribution in [2.24, 2.45) is 11.8 Å². The van der Waals surface area contributed by atoms with Gasteiger partial charge < -0.3 is 14.2 Å². The minimum atomic E-state index is -0.762. The molecular formula is C63H122O6. The normalized spacial score (nSPS) is 12.4. The zero-order chi connectivity index (χ0) is 50.4. The average molecular weight is 976 g/mol. The molecule has 0 spiro atoms. The Hall–Kier alpha value is -1.59. The van der Waals surface area contributed by atoms with E-state index in [2.05, 4.69) is 34.6 Å². The van der Waals surface area contributed by atoms with Crippen LogP contribution in [0.15, 0.2) is 0 Å². The summed E-state index contributed by atoms with van der Waals surface area (Å²) in [5, 5.41) is 0. The third-order valence-corrected chi connectivity index (χ3v) is 14.8. The fourth-order valence-electron chi connectivity index (χ4n) is 9.73. The number of unbranched alkanes of at least 4 members (excludes halogenated alkanes) is 41. The van der Waals surface area contributed by atoms with Crippen LogP contribution in [-0.2, 0) is 28.6 Å². The van der Waals surface area contributed by atoms with E-state index >= 15 is 0 Å². The Morgan fingerprint density at radius 2 is 0.551 bits per heavy atom. The van der Waals surface area contributed by atoms with Gasteiger partial charge in [0.1, 0.15) is 13.2 Å². The summed E-state index contributed by atoms with van der Waals surface area (Å²) in [6.45, 7) is 11.5. The van der Waals surface area contributed by atoms with E-state index < -0.39 is 6.10 Å². The number of ether oxygens (including phenoxy) is 3. The monoisotopic (exact) mass is 975 g/mol. The van der Waals surface area contributed by atoms with E-state index in [1.165, 1.54) is 244 Å². The molecule has 69 heavy (non-hydrogen) atoms. The summed E-state index contributed by atoms with van der Waals surface area (Å²) >= 11 is 0. The van der Waals surface area contributed by atoms with Crippen LogP contribution in [0.3, 0.4) is 0 Å². The summed E-state index contributed by atoms with van der Waals surface area (Å²) < 4.78 is 16.9. The molecule has 6 nitrogen and oxygen atoms in total. The minimum Gasteiger partial charge on any atom is -0.462 e. The Morgan fingerprint density at radius 3 is 0.826 bits per heavy atom. The maximum absolute atomic E-state index is 12.9. The van der Waals surface area contributed by atoms with Gasteiger partial charge in [-0.15, -0.1) is 0 Å². The molecule has 0 aromatic carbocycles. The van der Waals surface area contributed by atoms with Crippen molar-refractivity contribution in [3.05, 3.63) is 0 Å². The molecule has 410 valence electrons. The lowest BCUT2D eigenvalue weighted by Gasteiger charge is -2.18. The molecule has 0 aromatic rings. The third kappa shape index (κ3) is 55.6. The molecule has 0 N–H and O–H groups in total. The van der Waals surface area contributed by atoms with Crippen molar-refractivity contribution in [2.45, 2.75) is 362 Å². The van der Waals surface area contributed by atoms with Crippen LogP contribution in [0.2, 0.25) is 0 Å². The van der Waals surface area contributed by atoms with E-state index in [9.17, 15) is 14.4 Å². The minimum absolute atomic E-state index is 0.0621. The molecule has 0 radical (unpaired) electrons. The van der Waals surface area contributed by atoms with Gasteiger partial charge in [-0.25, -0.2) is 0 Å². The van der Waals surface area contributed by atoms with Gasteiger partial charge in [0.05, 0.1) is 0 Å². The molecule has 0 heterocycles. The highest BCUT2D eigenvalue weighted by molar-refractivity contribution is 5.71. The molecule has 0 aliphatic carbocycles. The molecular weight excluding hydrogens is 853 g/mol. The maximum Gasteiger partial charge on any atom is 0.306 e. The second kappa shape index (κ2) is 55.7. The topological polar surface area (TPSA) is 78.9 Å². The van der Waals surface area contributed by atoms with Crippen molar-refractivity contribution in [3.63, 3.8) is 0 Å². The van der Waals surface area contributed by atoms with E-state index in [-0.39, 0.29) is 31.1 Å². The molecule has 0 amide bonds. The van der Waals surface area contributed by atoms with E-state index in [1.54, 1.807) is 0 Å². The Morgan fingerprint density at radius 1 is 0.304 bits per heavy atom. The number of carbonyl (C=O) groups excluding carboxylic acids is 3. The van der Waals surface area contributed by atoms with Crippen LogP contribution in [0.25, 0.3) is 0 Å². The van der Waals surface area contributed by atoms with Crippen molar-refractivity contribution in [1.29, 1.82) is 0 Å². The molecule has 2 atom stereocenters. The van der Waals surface area contributed by atoms with Gasteiger partial charge in [0.25, 0.3) is 0 Å². The van der Waals surface area contributed by atoms with Crippen molar-refractivity contribution < 1.29 is 28.6 Å². The van der Waals surface area contributed by atoms with Crippen molar-refractivity contribution in [3.8, 4) is 0 Å². The van der Waals surface area contributed by atoms with Gasteiger partial charge in [-0.2, -0.15) is 0 Å². The van der Waals surface area contributed by atoms with Gasteiger partial charge >= 0.3 is 17.9 Å². The Bertz CT molecular complexity index is 1060. The highest BCUT2D eigenvalue weighted by atomic mass is 16.6. The Labute approximate surface area is 431 Å². The lowest BCUT2D eigenvalue weighted by Crippen LogP contribution is -2.30. The van der Waals surface area contributed by atoms with Crippen molar-refractivity contribution >= 4 is 17.9 Å². The Balaban J connectivity index is 4.19. The fraction of sp³-hybridized carbons (Fsp3) is 0.952. The van der Waals surface area contributed by atoms with Crippen LogP contribution in [0, 0.1) is 11.8 Å². The fourth-order valence-corrected chi connectivity index (χ4v) is 9.73. The zero-order valence-corrected chi connectivity index (χ0v) is 47.5. The number of carbonyl (C=O) groups is 3. The summed E-state index contributed by atoms with van der Waals surface area (Å²) in [4.78, 5) is 38.2. The highest BCUT2D eigenvalue weighted by Gasteiger charge is 2.19. The largest absolute Gasteiger partial charge is 0.462 e. The lowest BCUT2D eigenvalue weighted by atomic mass is 9.99. The molecule has 0 aliphatic rings. The van der Waals surface area contributed by atoms with E-state index in [1.807, 2.05) is 0 Å². The molecule has 0 aliphatic heterocycles. The molecule has 0 rings (SSSR count). The number of hydrogen-bond acceptors (Lipinski definition) is 6. The summed E-state index contributed by atoms with van der Waals surface area (Å²) in [6.07, 6.45) is 61.0. The lowest BCUT2D eigenvalue weighted by molar-refractivity contribution is -0.167. The first-order chi connectivity index (χ1) is 33.8. The van der Waals surface area contributed by atoms with Gasteiger partial charge in [-0.3, -0.25) is 14.4 Å². The summed E-state index contributed by atoms with van der Waals surface area (Å²) in [5.74, 6) is 0.927. The van der Waals surface area contributed by atoms with Crippen LogP contribution in [0.1, 0.15) is 356 Å². The van der Waals surface area contributed by atoms with Crippen molar-refractivity contribution in [2.75, 3.05) is 13.2 Å². The molecule has 0 saturated carbocycles. The highest BCUT2D eigenvalue weighted by Crippen LogP contribution is 2.19. The Kier molecular flexibility index (Phi) is 54.4. The molecule has 0 aromatic heterocycles. The molecule has 0 saturated heterocycles. The molecule has 0 bridgehead atoms. The summed E-state index contributed by atoms with van der Waals surface area (Å²) in [5.41, 5.74) is 0. The first kappa shape index (κ1) is 67.4. The smallest absolute Gasteiger partial charge is 0.306 e. The molecule has 6 heteroatoms. The molecule has 0 fully saturated rings. The average Bonchev–Trinajstić information content (AvgIpc) is 3.34. The second-order valence-corrected chi connectivity index (χ2v) is 22.4. The first-order valence-electron chi connectivity index (χ1n) is 31.3. The third-order valence-electron chi connectivity index (χ3n) is 14.8. The molecule has 1 unspecified atom stereocenters. The van der Waals surface area contributed by atoms with Gasteiger partial charge in [0, 0.05) is 19.3 Å². The zero-order valence-electron chi connectivity index (χ0n) is 47.5. The number of rotatable bonds is 57. The SMILES string of the molecule is CCCCCCCCCCCCC(=O)OC[C@@H](COC(=O)CCCCCCCCCCCCCCCCCCC(C)C)OC(=O)CCCCCCCCCCCCCCCCCCCCC(C)CC. The standard InChI is InChI=1S/C63H122O6/c1-6-8-9-10-11-12-33-38-43-48-53-61(64)67-56-60(57-68-62(65)54-49-44-39-34-29-25-21-18-17-19-23-27-31-36-41-46-51-58(3)4)69-63(66)55-50-45-40-35-30-26-22-16-14-13-15-20-24-28-32-37-42-47-52-59(5)7-2/h58-60H,6-57H2,1-5H3/t59?,60-/m0/s1. The van der Waals surface area contributed by atoms with Crippen LogP contribution < -0.4 is 0 Å². The first-order valence-corrected chi connectivity index (χ1v) is 31.3. The van der Waals surface area contributed by atoms with Gasteiger partial charge in [-0.1, -0.05) is 317 Å². The van der Waals surface area contributed by atoms with Gasteiger partial charge in [0.15, 0.2) is 6.10 Å². The maximum atomic E-state index is 12.9. The van der Waals surface area contributed by atoms with Gasteiger partial charge in [0.2, 0.25) is 0 Å². The predicted octanol–water partition coefficient (Wildman–Crippen LogP) is 20.8. The predicted molar refractivity (Wildman–Crippen MR) is 298 cm³/mol. The number of esters is 3. The van der Waals surface area contributed by atoms with Crippen LogP contribution in [-0.4, -0.2) is 37.2 Å². The quantitative estimate of drug-likeness (QED) is 0.0343. The van der Waals surface area contributed by atoms with Gasteiger partial charge in [-0.05, 0) is 31.1 Å². The van der Waals surface area contributed by atoms with E-state index in [0.29, 0.717) is 19.3 Å². The van der Waals surface area contributed by atoms with Crippen molar-refractivity contribution in [1.82, 2.24) is 0 Å². The summed E-state index contributed by atoms with van der Waals surface area (Å²) in [6, 6.07) is 0. The number of hydrogen-bond donors (Lipinski definition) is 0. The van der Waals surface area contributed by atoms with Crippen LogP contribution in [0.4, 0.5) is 0 Å². The second-order valence-electron chi connectivity index (χ2n) is 22.4. The van der Waals surface area contributed by atoms with E-state index in [4.69, 9.17) is 14.2 Å². The van der Waals surface area contributed by atoms with E-state index in [0.717, 1.165) is 69.6 Å². The van der Waals surface area contributed by atoms with Crippen LogP contribution >= 0.6 is 0 Å². The summed E-state index contributed by atoms with van der Waals surface area (Å²) in [7, 11) is 0. The van der Waals surface area contributed by atoms with Crippen LogP contribution in [0.5, 0.6) is 0 Å².